The van der Waals surface area contributed by atoms with E-state index >= 15 is 0 Å². The molecule has 2 aromatic rings. The average Bonchev–Trinajstić information content (AvgIpc) is 2.92. The van der Waals surface area contributed by atoms with Gasteiger partial charge in [0.15, 0.2) is 0 Å². The summed E-state index contributed by atoms with van der Waals surface area (Å²) in [5.41, 5.74) is 1.44. The van der Waals surface area contributed by atoms with Gasteiger partial charge in [-0.3, -0.25) is 9.48 Å². The van der Waals surface area contributed by atoms with Gasteiger partial charge in [-0.1, -0.05) is 11.6 Å². The van der Waals surface area contributed by atoms with Crippen LogP contribution in [0.1, 0.15) is 18.5 Å². The first kappa shape index (κ1) is 18.9. The van der Waals surface area contributed by atoms with E-state index in [1.807, 2.05) is 6.92 Å². The normalized spacial score (nSPS) is 16.6. The number of nitrogens with zero attached hydrogens (tertiary/aromatic N) is 3. The second-order valence-corrected chi connectivity index (χ2v) is 8.80. The fourth-order valence-corrected chi connectivity index (χ4v) is 4.67. The van der Waals surface area contributed by atoms with Crippen molar-refractivity contribution in [2.45, 2.75) is 24.7 Å². The Labute approximate surface area is 158 Å². The number of sulfonamides is 1. The second-order valence-electron chi connectivity index (χ2n) is 6.42. The molecule has 26 heavy (non-hydrogen) atoms. The first-order valence-electron chi connectivity index (χ1n) is 8.34. The number of aromatic nitrogens is 2. The molecule has 0 bridgehead atoms. The highest BCUT2D eigenvalue weighted by Crippen LogP contribution is 2.26. The molecular formula is C17H21ClN4O3S. The lowest BCUT2D eigenvalue weighted by molar-refractivity contribution is -0.120. The summed E-state index contributed by atoms with van der Waals surface area (Å²) in [7, 11) is -1.77. The van der Waals surface area contributed by atoms with E-state index in [4.69, 9.17) is 11.6 Å². The Morgan fingerprint density at radius 3 is 2.38 bits per heavy atom. The number of carbonyl (C=O) groups is 1. The maximum absolute atomic E-state index is 12.7. The standard InChI is InChI=1S/C17H21ClN4O3S/c1-12-16(11-21(2)20-12)19-17(23)13-7-9-22(10-8-13)26(24,25)15-5-3-14(18)4-6-15/h3-6,11,13H,7-10H2,1-2H3,(H,19,23). The Morgan fingerprint density at radius 1 is 1.23 bits per heavy atom. The van der Waals surface area contributed by atoms with Crippen molar-refractivity contribution in [1.82, 2.24) is 14.1 Å². The third-order valence-corrected chi connectivity index (χ3v) is 6.71. The molecule has 1 fully saturated rings. The van der Waals surface area contributed by atoms with Gasteiger partial charge < -0.3 is 5.32 Å². The first-order chi connectivity index (χ1) is 12.3. The number of amides is 1. The van der Waals surface area contributed by atoms with E-state index in [1.54, 1.807) is 30.1 Å². The summed E-state index contributed by atoms with van der Waals surface area (Å²) < 4.78 is 28.4. The van der Waals surface area contributed by atoms with Gasteiger partial charge in [0, 0.05) is 37.3 Å². The molecular weight excluding hydrogens is 376 g/mol. The lowest BCUT2D eigenvalue weighted by atomic mass is 9.97. The second kappa shape index (κ2) is 7.38. The Kier molecular flexibility index (Phi) is 5.36. The van der Waals surface area contributed by atoms with Crippen molar-refractivity contribution in [3.05, 3.63) is 41.2 Å². The molecule has 0 radical (unpaired) electrons. The minimum Gasteiger partial charge on any atom is -0.323 e. The Balaban J connectivity index is 1.62. The number of nitrogens with one attached hydrogen (secondary N) is 1. The van der Waals surface area contributed by atoms with Crippen molar-refractivity contribution < 1.29 is 13.2 Å². The van der Waals surface area contributed by atoms with Gasteiger partial charge in [-0.25, -0.2) is 8.42 Å². The first-order valence-corrected chi connectivity index (χ1v) is 10.2. The lowest BCUT2D eigenvalue weighted by Crippen LogP contribution is -2.41. The predicted octanol–water partition coefficient (Wildman–Crippen LogP) is 2.42. The van der Waals surface area contributed by atoms with Crippen LogP contribution in [0.4, 0.5) is 5.69 Å². The van der Waals surface area contributed by atoms with Crippen molar-refractivity contribution in [1.29, 1.82) is 0 Å². The molecule has 0 aliphatic carbocycles. The van der Waals surface area contributed by atoms with E-state index in [0.29, 0.717) is 36.6 Å². The van der Waals surface area contributed by atoms with Crippen molar-refractivity contribution in [2.75, 3.05) is 18.4 Å². The molecule has 0 saturated carbocycles. The summed E-state index contributed by atoms with van der Waals surface area (Å²) in [5.74, 6) is -0.309. The van der Waals surface area contributed by atoms with Crippen LogP contribution in [0.15, 0.2) is 35.4 Å². The highest BCUT2D eigenvalue weighted by molar-refractivity contribution is 7.89. The van der Waals surface area contributed by atoms with Crippen LogP contribution >= 0.6 is 11.6 Å². The number of aryl methyl sites for hydroxylation is 2. The summed E-state index contributed by atoms with van der Waals surface area (Å²) in [6.45, 7) is 2.46. The van der Waals surface area contributed by atoms with Crippen molar-refractivity contribution in [3.63, 3.8) is 0 Å². The highest BCUT2D eigenvalue weighted by atomic mass is 35.5. The molecule has 140 valence electrons. The van der Waals surface area contributed by atoms with E-state index in [0.717, 1.165) is 5.69 Å². The van der Waals surface area contributed by atoms with Crippen LogP contribution in [0, 0.1) is 12.8 Å². The molecule has 2 heterocycles. The Hall–Kier alpha value is -1.90. The van der Waals surface area contributed by atoms with E-state index in [2.05, 4.69) is 10.4 Å². The van der Waals surface area contributed by atoms with Gasteiger partial charge in [-0.15, -0.1) is 0 Å². The Bertz CT molecular complexity index is 901. The number of hydrogen-bond donors (Lipinski definition) is 1. The molecule has 1 saturated heterocycles. The SMILES string of the molecule is Cc1nn(C)cc1NC(=O)C1CCN(S(=O)(=O)c2ccc(Cl)cc2)CC1. The zero-order valence-corrected chi connectivity index (χ0v) is 16.2. The largest absolute Gasteiger partial charge is 0.323 e. The zero-order chi connectivity index (χ0) is 18.9. The number of carbonyl (C=O) groups excluding carboxylic acids is 1. The van der Waals surface area contributed by atoms with Gasteiger partial charge >= 0.3 is 0 Å². The van der Waals surface area contributed by atoms with Crippen LogP contribution in [0.2, 0.25) is 5.02 Å². The molecule has 1 amide bonds. The van der Waals surface area contributed by atoms with Crippen molar-refractivity contribution in [3.8, 4) is 0 Å². The van der Waals surface area contributed by atoms with E-state index < -0.39 is 10.0 Å². The van der Waals surface area contributed by atoms with Crippen LogP contribution in [-0.4, -0.2) is 41.5 Å². The van der Waals surface area contributed by atoms with Crippen LogP contribution in [0.25, 0.3) is 0 Å². The van der Waals surface area contributed by atoms with E-state index in [9.17, 15) is 13.2 Å². The summed E-state index contributed by atoms with van der Waals surface area (Å²) >= 11 is 5.82. The third kappa shape index (κ3) is 3.92. The molecule has 1 aliphatic heterocycles. The summed E-state index contributed by atoms with van der Waals surface area (Å²) in [5, 5.41) is 7.58. The molecule has 9 heteroatoms. The maximum Gasteiger partial charge on any atom is 0.243 e. The number of anilines is 1. The third-order valence-electron chi connectivity index (χ3n) is 4.55. The molecule has 7 nitrogen and oxygen atoms in total. The average molecular weight is 397 g/mol. The van der Waals surface area contributed by atoms with Crippen LogP contribution in [0.3, 0.4) is 0 Å². The minimum atomic E-state index is -3.56. The topological polar surface area (TPSA) is 84.3 Å². The Morgan fingerprint density at radius 2 is 1.85 bits per heavy atom. The summed E-state index contributed by atoms with van der Waals surface area (Å²) in [6, 6.07) is 6.12. The number of piperidine rings is 1. The van der Waals surface area contributed by atoms with Crippen LogP contribution in [0.5, 0.6) is 0 Å². The smallest absolute Gasteiger partial charge is 0.243 e. The predicted molar refractivity (Wildman–Crippen MR) is 99.5 cm³/mol. The molecule has 0 unspecified atom stereocenters. The van der Waals surface area contributed by atoms with Gasteiger partial charge in [0.1, 0.15) is 0 Å². The van der Waals surface area contributed by atoms with E-state index in [1.165, 1.54) is 16.4 Å². The molecule has 1 N–H and O–H groups in total. The number of rotatable bonds is 4. The van der Waals surface area contributed by atoms with Crippen molar-refractivity contribution >= 4 is 33.2 Å². The van der Waals surface area contributed by atoms with Gasteiger partial charge in [-0.05, 0) is 44.0 Å². The molecule has 0 atom stereocenters. The van der Waals surface area contributed by atoms with Crippen molar-refractivity contribution in [2.24, 2.45) is 13.0 Å². The van der Waals surface area contributed by atoms with Crippen LogP contribution in [-0.2, 0) is 21.9 Å². The monoisotopic (exact) mass is 396 g/mol. The lowest BCUT2D eigenvalue weighted by Gasteiger charge is -2.30. The summed E-state index contributed by atoms with van der Waals surface area (Å²) in [6.07, 6.45) is 2.73. The van der Waals surface area contributed by atoms with Gasteiger partial charge in [-0.2, -0.15) is 9.40 Å². The minimum absolute atomic E-state index is 0.0929. The van der Waals surface area contributed by atoms with Gasteiger partial charge in [0.2, 0.25) is 15.9 Å². The number of benzene rings is 1. The van der Waals surface area contributed by atoms with Crippen LogP contribution < -0.4 is 5.32 Å². The molecule has 1 aromatic carbocycles. The fourth-order valence-electron chi connectivity index (χ4n) is 3.07. The number of halogens is 1. The molecule has 0 spiro atoms. The quantitative estimate of drug-likeness (QED) is 0.860. The highest BCUT2D eigenvalue weighted by Gasteiger charge is 2.32. The van der Waals surface area contributed by atoms with Gasteiger partial charge in [0.25, 0.3) is 0 Å². The fraction of sp³-hybridized carbons (Fsp3) is 0.412. The molecule has 1 aliphatic rings. The zero-order valence-electron chi connectivity index (χ0n) is 14.6. The summed E-state index contributed by atoms with van der Waals surface area (Å²) in [4.78, 5) is 12.7. The molecule has 3 rings (SSSR count). The van der Waals surface area contributed by atoms with E-state index in [-0.39, 0.29) is 16.7 Å². The molecule has 1 aromatic heterocycles. The maximum atomic E-state index is 12.7. The number of hydrogen-bond acceptors (Lipinski definition) is 4. The van der Waals surface area contributed by atoms with Gasteiger partial charge in [0.05, 0.1) is 16.3 Å².